The lowest BCUT2D eigenvalue weighted by Crippen LogP contribution is -2.30. The highest BCUT2D eigenvalue weighted by molar-refractivity contribution is 8.26. The third-order valence-corrected chi connectivity index (χ3v) is 5.13. The Kier molecular flexibility index (Phi) is 5.33. The summed E-state index contributed by atoms with van der Waals surface area (Å²) in [6.07, 6.45) is 2.65. The van der Waals surface area contributed by atoms with E-state index in [0.29, 0.717) is 15.8 Å². The normalized spacial score (nSPS) is 16.0. The van der Waals surface area contributed by atoms with Crippen molar-refractivity contribution in [3.05, 3.63) is 70.6 Å². The van der Waals surface area contributed by atoms with Crippen molar-refractivity contribution in [1.82, 2.24) is 4.90 Å². The number of nitrogens with zero attached hydrogens (tertiary/aromatic N) is 1. The Morgan fingerprint density at radius 2 is 1.83 bits per heavy atom. The maximum absolute atomic E-state index is 12.6. The minimum atomic E-state index is -0.0117. The molecule has 1 fully saturated rings. The van der Waals surface area contributed by atoms with E-state index < -0.39 is 0 Å². The van der Waals surface area contributed by atoms with Crippen LogP contribution in [-0.2, 0) is 11.2 Å². The van der Waals surface area contributed by atoms with Gasteiger partial charge in [-0.1, -0.05) is 66.4 Å². The van der Waals surface area contributed by atoms with Gasteiger partial charge in [-0.05, 0) is 35.8 Å². The predicted molar refractivity (Wildman–Crippen MR) is 103 cm³/mol. The van der Waals surface area contributed by atoms with Crippen LogP contribution in [0.15, 0.2) is 59.5 Å². The van der Waals surface area contributed by atoms with Gasteiger partial charge in [-0.2, -0.15) is 0 Å². The minimum Gasteiger partial charge on any atom is -0.497 e. The van der Waals surface area contributed by atoms with Crippen LogP contribution in [0, 0.1) is 0 Å². The van der Waals surface area contributed by atoms with Crippen LogP contribution in [-0.4, -0.2) is 28.8 Å². The van der Waals surface area contributed by atoms with Gasteiger partial charge in [0.05, 0.1) is 12.0 Å². The number of carbonyl (C=O) groups is 1. The average molecular weight is 355 g/mol. The molecule has 2 aromatic carbocycles. The van der Waals surface area contributed by atoms with Crippen molar-refractivity contribution in [2.75, 3.05) is 13.7 Å². The number of carbonyl (C=O) groups excluding carboxylic acids is 1. The van der Waals surface area contributed by atoms with Gasteiger partial charge < -0.3 is 4.74 Å². The average Bonchev–Trinajstić information content (AvgIpc) is 2.88. The van der Waals surface area contributed by atoms with Crippen molar-refractivity contribution < 1.29 is 9.53 Å². The molecule has 0 unspecified atom stereocenters. The lowest BCUT2D eigenvalue weighted by atomic mass is 10.1. The molecule has 3 rings (SSSR count). The Bertz CT molecular complexity index is 770. The van der Waals surface area contributed by atoms with Crippen molar-refractivity contribution in [1.29, 1.82) is 0 Å². The van der Waals surface area contributed by atoms with E-state index in [-0.39, 0.29) is 5.91 Å². The molecule has 0 N–H and O–H groups in total. The number of thiocarbonyl (C=S) groups is 1. The third-order valence-electron chi connectivity index (χ3n) is 3.75. The second kappa shape index (κ2) is 7.64. The van der Waals surface area contributed by atoms with Gasteiger partial charge in [0.1, 0.15) is 10.1 Å². The van der Waals surface area contributed by atoms with Gasteiger partial charge in [0.2, 0.25) is 0 Å². The summed E-state index contributed by atoms with van der Waals surface area (Å²) in [7, 11) is 1.65. The first-order valence-corrected chi connectivity index (χ1v) is 8.83. The molecular formula is C19H17NO2S2. The molecule has 0 saturated carbocycles. The number of thioether (sulfide) groups is 1. The Balaban J connectivity index is 1.67. The standard InChI is InChI=1S/C19H17NO2S2/c1-22-16-9-7-14(8-10-16)11-12-20-18(21)17(24-19(20)23)13-15-5-3-2-4-6-15/h2-10,13H,11-12H2,1H3/b17-13-. The van der Waals surface area contributed by atoms with Gasteiger partial charge >= 0.3 is 0 Å². The zero-order chi connectivity index (χ0) is 16.9. The molecule has 1 amide bonds. The number of methoxy groups -OCH3 is 1. The Morgan fingerprint density at radius 1 is 1.12 bits per heavy atom. The largest absolute Gasteiger partial charge is 0.497 e. The van der Waals surface area contributed by atoms with Crippen molar-refractivity contribution in [3.63, 3.8) is 0 Å². The summed E-state index contributed by atoms with van der Waals surface area (Å²) in [6.45, 7) is 0.586. The Hall–Kier alpha value is -2.11. The predicted octanol–water partition coefficient (Wildman–Crippen LogP) is 4.14. The van der Waals surface area contributed by atoms with E-state index in [2.05, 4.69) is 0 Å². The number of amides is 1. The van der Waals surface area contributed by atoms with Crippen LogP contribution in [0.25, 0.3) is 6.08 Å². The second-order valence-corrected chi connectivity index (χ2v) is 7.02. The van der Waals surface area contributed by atoms with E-state index in [1.807, 2.05) is 60.7 Å². The Labute approximate surface area is 151 Å². The van der Waals surface area contributed by atoms with Crippen LogP contribution in [0.3, 0.4) is 0 Å². The van der Waals surface area contributed by atoms with E-state index in [1.165, 1.54) is 11.8 Å². The van der Waals surface area contributed by atoms with Crippen molar-refractivity contribution in [2.24, 2.45) is 0 Å². The summed E-state index contributed by atoms with van der Waals surface area (Å²) < 4.78 is 5.78. The molecule has 0 aliphatic carbocycles. The highest BCUT2D eigenvalue weighted by Gasteiger charge is 2.31. The monoisotopic (exact) mass is 355 g/mol. The topological polar surface area (TPSA) is 29.5 Å². The van der Waals surface area contributed by atoms with Gasteiger partial charge in [-0.25, -0.2) is 0 Å². The lowest BCUT2D eigenvalue weighted by Gasteiger charge is -2.14. The first kappa shape index (κ1) is 16.7. The number of hydrogen-bond acceptors (Lipinski definition) is 4. The summed E-state index contributed by atoms with van der Waals surface area (Å²) >= 11 is 6.74. The van der Waals surface area contributed by atoms with E-state index in [4.69, 9.17) is 17.0 Å². The fourth-order valence-corrected chi connectivity index (χ4v) is 3.74. The molecule has 0 spiro atoms. The summed E-state index contributed by atoms with van der Waals surface area (Å²) in [6, 6.07) is 17.7. The van der Waals surface area contributed by atoms with Gasteiger partial charge in [0.25, 0.3) is 5.91 Å². The zero-order valence-electron chi connectivity index (χ0n) is 13.3. The fourth-order valence-electron chi connectivity index (χ4n) is 2.43. The van der Waals surface area contributed by atoms with E-state index in [9.17, 15) is 4.79 Å². The molecule has 24 heavy (non-hydrogen) atoms. The molecule has 3 nitrogen and oxygen atoms in total. The second-order valence-electron chi connectivity index (χ2n) is 5.34. The molecule has 0 radical (unpaired) electrons. The molecule has 1 heterocycles. The van der Waals surface area contributed by atoms with Crippen LogP contribution in [0.2, 0.25) is 0 Å². The van der Waals surface area contributed by atoms with Crippen LogP contribution >= 0.6 is 24.0 Å². The molecular weight excluding hydrogens is 338 g/mol. The SMILES string of the molecule is COc1ccc(CCN2C(=O)/C(=C/c3ccccc3)SC2=S)cc1. The molecule has 5 heteroatoms. The van der Waals surface area contributed by atoms with Gasteiger partial charge in [-0.15, -0.1) is 0 Å². The minimum absolute atomic E-state index is 0.0117. The quantitative estimate of drug-likeness (QED) is 0.595. The first-order chi connectivity index (χ1) is 11.7. The molecule has 0 aromatic heterocycles. The van der Waals surface area contributed by atoms with Gasteiger partial charge in [0.15, 0.2) is 0 Å². The van der Waals surface area contributed by atoms with Gasteiger partial charge in [0, 0.05) is 6.54 Å². The number of benzene rings is 2. The lowest BCUT2D eigenvalue weighted by molar-refractivity contribution is -0.122. The molecule has 0 atom stereocenters. The van der Waals surface area contributed by atoms with Crippen LogP contribution < -0.4 is 4.74 Å². The number of hydrogen-bond donors (Lipinski definition) is 0. The van der Waals surface area contributed by atoms with E-state index in [0.717, 1.165) is 23.3 Å². The van der Waals surface area contributed by atoms with Crippen LogP contribution in [0.5, 0.6) is 5.75 Å². The maximum atomic E-state index is 12.6. The van der Waals surface area contributed by atoms with E-state index in [1.54, 1.807) is 12.0 Å². The van der Waals surface area contributed by atoms with Crippen molar-refractivity contribution >= 4 is 40.3 Å². The first-order valence-electron chi connectivity index (χ1n) is 7.61. The van der Waals surface area contributed by atoms with Gasteiger partial charge in [-0.3, -0.25) is 9.69 Å². The summed E-state index contributed by atoms with van der Waals surface area (Å²) in [5, 5.41) is 0. The molecule has 0 bridgehead atoms. The van der Waals surface area contributed by atoms with Crippen LogP contribution in [0.4, 0.5) is 0 Å². The Morgan fingerprint density at radius 3 is 2.50 bits per heavy atom. The number of ether oxygens (including phenoxy) is 1. The highest BCUT2D eigenvalue weighted by Crippen LogP contribution is 2.32. The smallest absolute Gasteiger partial charge is 0.266 e. The molecule has 1 aliphatic heterocycles. The molecule has 122 valence electrons. The summed E-state index contributed by atoms with van der Waals surface area (Å²) in [5.41, 5.74) is 2.16. The maximum Gasteiger partial charge on any atom is 0.266 e. The van der Waals surface area contributed by atoms with Crippen molar-refractivity contribution in [3.8, 4) is 5.75 Å². The summed E-state index contributed by atoms with van der Waals surface area (Å²) in [4.78, 5) is 14.9. The highest BCUT2D eigenvalue weighted by atomic mass is 32.2. The zero-order valence-corrected chi connectivity index (χ0v) is 14.9. The summed E-state index contributed by atoms with van der Waals surface area (Å²) in [5.74, 6) is 0.817. The third kappa shape index (κ3) is 3.86. The fraction of sp³-hybridized carbons (Fsp3) is 0.158. The molecule has 1 aliphatic rings. The van der Waals surface area contributed by atoms with Crippen LogP contribution in [0.1, 0.15) is 11.1 Å². The van der Waals surface area contributed by atoms with Crippen molar-refractivity contribution in [2.45, 2.75) is 6.42 Å². The molecule has 2 aromatic rings. The molecule has 1 saturated heterocycles. The number of rotatable bonds is 5. The van der Waals surface area contributed by atoms with E-state index >= 15 is 0 Å².